The fourth-order valence-electron chi connectivity index (χ4n) is 1.41. The summed E-state index contributed by atoms with van der Waals surface area (Å²) in [5.74, 6) is 0. The number of allylic oxidation sites excluding steroid dienone is 1. The van der Waals surface area contributed by atoms with E-state index in [2.05, 4.69) is 43.0 Å². The van der Waals surface area contributed by atoms with E-state index in [1.54, 1.807) is 0 Å². The minimum absolute atomic E-state index is 1.05. The van der Waals surface area contributed by atoms with Gasteiger partial charge in [-0.25, -0.2) is 0 Å². The Hall–Kier alpha value is -0.690. The molecule has 0 aliphatic heterocycles. The largest absolute Gasteiger partial charge is 0.143 e. The van der Waals surface area contributed by atoms with Crippen LogP contribution in [0.4, 0.5) is 0 Å². The van der Waals surface area contributed by atoms with E-state index in [1.807, 2.05) is 0 Å². The van der Waals surface area contributed by atoms with Gasteiger partial charge in [-0.1, -0.05) is 18.2 Å². The highest BCUT2D eigenvalue weighted by Gasteiger charge is 2.02. The first-order valence-electron chi connectivity index (χ1n) is 3.85. The molecule has 0 atom stereocenters. The number of hydrogen-bond acceptors (Lipinski definition) is 1. The van der Waals surface area contributed by atoms with Crippen molar-refractivity contribution in [1.82, 2.24) is 0 Å². The summed E-state index contributed by atoms with van der Waals surface area (Å²) in [4.78, 5) is 1.05. The van der Waals surface area contributed by atoms with Gasteiger partial charge in [0, 0.05) is 4.90 Å². The molecule has 0 N–H and O–H groups in total. The van der Waals surface area contributed by atoms with Gasteiger partial charge in [0.05, 0.1) is 0 Å². The third-order valence-electron chi connectivity index (χ3n) is 2.01. The van der Waals surface area contributed by atoms with Crippen molar-refractivity contribution < 1.29 is 0 Å². The van der Waals surface area contributed by atoms with Crippen LogP contribution < -0.4 is 0 Å². The summed E-state index contributed by atoms with van der Waals surface area (Å²) >= 11 is 4.28. The third-order valence-corrected chi connectivity index (χ3v) is 2.29. The van der Waals surface area contributed by atoms with Gasteiger partial charge in [0.25, 0.3) is 0 Å². The highest BCUT2D eigenvalue weighted by atomic mass is 32.1. The van der Waals surface area contributed by atoms with Crippen LogP contribution in [0.1, 0.15) is 17.5 Å². The average molecular weight is 162 g/mol. The van der Waals surface area contributed by atoms with Gasteiger partial charge in [-0.3, -0.25) is 0 Å². The first-order chi connectivity index (χ1) is 5.36. The molecule has 0 nitrogen and oxygen atoms in total. The lowest BCUT2D eigenvalue weighted by molar-refractivity contribution is 0.981. The van der Waals surface area contributed by atoms with Gasteiger partial charge in [-0.15, -0.1) is 12.6 Å². The number of fused-ring (bicyclic) bond motifs is 1. The summed E-state index contributed by atoms with van der Waals surface area (Å²) in [5.41, 5.74) is 2.79. The SMILES string of the molecule is Sc1ccc2c(c1)C=CCC2. The normalized spacial score (nSPS) is 14.6. The van der Waals surface area contributed by atoms with Gasteiger partial charge in [0.2, 0.25) is 0 Å². The van der Waals surface area contributed by atoms with Crippen LogP contribution in [0.15, 0.2) is 29.2 Å². The van der Waals surface area contributed by atoms with E-state index >= 15 is 0 Å². The molecule has 1 aromatic carbocycles. The summed E-state index contributed by atoms with van der Waals surface area (Å²) in [6, 6.07) is 6.34. The predicted molar refractivity (Wildman–Crippen MR) is 51.0 cm³/mol. The maximum absolute atomic E-state index is 4.28. The maximum Gasteiger partial charge on any atom is 0.00461 e. The molecule has 0 bridgehead atoms. The molecule has 0 fully saturated rings. The topological polar surface area (TPSA) is 0 Å². The monoisotopic (exact) mass is 162 g/mol. The van der Waals surface area contributed by atoms with Crippen LogP contribution in [-0.4, -0.2) is 0 Å². The van der Waals surface area contributed by atoms with E-state index in [-0.39, 0.29) is 0 Å². The number of benzene rings is 1. The lowest BCUT2D eigenvalue weighted by Crippen LogP contribution is -1.92. The van der Waals surface area contributed by atoms with E-state index in [1.165, 1.54) is 24.0 Å². The van der Waals surface area contributed by atoms with Crippen LogP contribution >= 0.6 is 12.6 Å². The molecular weight excluding hydrogens is 152 g/mol. The van der Waals surface area contributed by atoms with Crippen LogP contribution in [0.2, 0.25) is 0 Å². The van der Waals surface area contributed by atoms with Crippen molar-refractivity contribution in [1.29, 1.82) is 0 Å². The Morgan fingerprint density at radius 1 is 1.27 bits per heavy atom. The van der Waals surface area contributed by atoms with Crippen LogP contribution in [-0.2, 0) is 6.42 Å². The molecule has 11 heavy (non-hydrogen) atoms. The number of hydrogen-bond donors (Lipinski definition) is 1. The van der Waals surface area contributed by atoms with Crippen LogP contribution in [0.25, 0.3) is 6.08 Å². The second-order valence-corrected chi connectivity index (χ2v) is 3.34. The predicted octanol–water partition coefficient (Wildman–Crippen LogP) is 2.93. The molecule has 0 saturated carbocycles. The molecule has 0 heterocycles. The van der Waals surface area contributed by atoms with Crippen molar-refractivity contribution in [3.8, 4) is 0 Å². The van der Waals surface area contributed by atoms with Crippen molar-refractivity contribution in [3.63, 3.8) is 0 Å². The summed E-state index contributed by atoms with van der Waals surface area (Å²) < 4.78 is 0. The Morgan fingerprint density at radius 2 is 2.18 bits per heavy atom. The first kappa shape index (κ1) is 6.99. The van der Waals surface area contributed by atoms with E-state index in [9.17, 15) is 0 Å². The number of rotatable bonds is 0. The van der Waals surface area contributed by atoms with Crippen LogP contribution in [0, 0.1) is 0 Å². The third kappa shape index (κ3) is 1.33. The van der Waals surface area contributed by atoms with E-state index in [0.717, 1.165) is 4.90 Å². The number of aryl methyl sites for hydroxylation is 1. The van der Waals surface area contributed by atoms with Crippen LogP contribution in [0.3, 0.4) is 0 Å². The second kappa shape index (κ2) is 2.74. The standard InChI is InChI=1S/C10H10S/c11-10-6-5-8-3-1-2-4-9(8)7-10/h2,4-7,11H,1,3H2. The van der Waals surface area contributed by atoms with Crippen LogP contribution in [0.5, 0.6) is 0 Å². The maximum atomic E-state index is 4.28. The zero-order valence-corrected chi connectivity index (χ0v) is 7.14. The summed E-state index contributed by atoms with van der Waals surface area (Å²) in [5, 5.41) is 0. The van der Waals surface area contributed by atoms with Gasteiger partial charge >= 0.3 is 0 Å². The Labute approximate surface area is 72.4 Å². The molecular formula is C10H10S. The molecule has 2 rings (SSSR count). The van der Waals surface area contributed by atoms with Gasteiger partial charge in [-0.2, -0.15) is 0 Å². The van der Waals surface area contributed by atoms with Gasteiger partial charge in [-0.05, 0) is 36.1 Å². The van der Waals surface area contributed by atoms with E-state index < -0.39 is 0 Å². The lowest BCUT2D eigenvalue weighted by Gasteiger charge is -2.09. The molecule has 1 heteroatoms. The van der Waals surface area contributed by atoms with E-state index in [0.29, 0.717) is 0 Å². The zero-order valence-electron chi connectivity index (χ0n) is 6.25. The quantitative estimate of drug-likeness (QED) is 0.557. The summed E-state index contributed by atoms with van der Waals surface area (Å²) in [7, 11) is 0. The van der Waals surface area contributed by atoms with Gasteiger partial charge in [0.15, 0.2) is 0 Å². The van der Waals surface area contributed by atoms with Crippen molar-refractivity contribution in [2.24, 2.45) is 0 Å². The molecule has 0 amide bonds. The van der Waals surface area contributed by atoms with Gasteiger partial charge < -0.3 is 0 Å². The highest BCUT2D eigenvalue weighted by Crippen LogP contribution is 2.21. The lowest BCUT2D eigenvalue weighted by atomic mass is 9.98. The fourth-order valence-corrected chi connectivity index (χ4v) is 1.63. The average Bonchev–Trinajstić information content (AvgIpc) is 2.04. The molecule has 1 aliphatic rings. The fraction of sp³-hybridized carbons (Fsp3) is 0.200. The molecule has 0 spiro atoms. The Morgan fingerprint density at radius 3 is 3.09 bits per heavy atom. The Balaban J connectivity index is 2.54. The van der Waals surface area contributed by atoms with E-state index in [4.69, 9.17) is 0 Å². The van der Waals surface area contributed by atoms with Crippen molar-refractivity contribution in [2.45, 2.75) is 17.7 Å². The van der Waals surface area contributed by atoms with Crippen molar-refractivity contribution in [3.05, 3.63) is 35.4 Å². The Kier molecular flexibility index (Phi) is 1.74. The second-order valence-electron chi connectivity index (χ2n) is 2.82. The zero-order chi connectivity index (χ0) is 7.68. The molecule has 56 valence electrons. The smallest absolute Gasteiger partial charge is 0.00461 e. The molecule has 0 saturated heterocycles. The van der Waals surface area contributed by atoms with Gasteiger partial charge in [0.1, 0.15) is 0 Å². The summed E-state index contributed by atoms with van der Waals surface area (Å²) in [6.07, 6.45) is 6.76. The number of thiol groups is 1. The molecule has 1 aromatic rings. The molecule has 0 aromatic heterocycles. The minimum Gasteiger partial charge on any atom is -0.143 e. The molecule has 0 unspecified atom stereocenters. The molecule has 1 aliphatic carbocycles. The summed E-state index contributed by atoms with van der Waals surface area (Å²) in [6.45, 7) is 0. The van der Waals surface area contributed by atoms with Crippen molar-refractivity contribution in [2.75, 3.05) is 0 Å². The Bertz CT molecular complexity index is 300. The first-order valence-corrected chi connectivity index (χ1v) is 4.29. The highest BCUT2D eigenvalue weighted by molar-refractivity contribution is 7.80. The van der Waals surface area contributed by atoms with Crippen molar-refractivity contribution >= 4 is 18.7 Å². The molecule has 0 radical (unpaired) electrons. The minimum atomic E-state index is 1.05.